The standard InChI is InChI=1S/C5H5BrFN2/c1-3-4(6)2-8-5(7)9-3/h2H,1H3,(H,8,9). The van der Waals surface area contributed by atoms with E-state index >= 15 is 0 Å². The molecule has 1 heterocycles. The zero-order chi connectivity index (χ0) is 6.85. The third kappa shape index (κ3) is 1.51. The van der Waals surface area contributed by atoms with Crippen molar-refractivity contribution in [3.8, 4) is 0 Å². The Morgan fingerprint density at radius 2 is 2.44 bits per heavy atom. The van der Waals surface area contributed by atoms with Crippen LogP contribution < -0.4 is 5.32 Å². The van der Waals surface area contributed by atoms with Crippen LogP contribution >= 0.6 is 15.9 Å². The van der Waals surface area contributed by atoms with Crippen LogP contribution in [0.4, 0.5) is 4.39 Å². The maximum Gasteiger partial charge on any atom is 0.283 e. The molecule has 1 rings (SSSR count). The lowest BCUT2D eigenvalue weighted by Crippen LogP contribution is -2.19. The van der Waals surface area contributed by atoms with Crippen molar-refractivity contribution in [2.75, 3.05) is 0 Å². The fraction of sp³-hybridized carbons (Fsp3) is 0.200. The summed E-state index contributed by atoms with van der Waals surface area (Å²) >= 11 is 3.17. The van der Waals surface area contributed by atoms with Crippen LogP contribution in [0.1, 0.15) is 6.92 Å². The smallest absolute Gasteiger partial charge is 0.283 e. The van der Waals surface area contributed by atoms with E-state index in [0.717, 1.165) is 4.48 Å². The van der Waals surface area contributed by atoms with E-state index in [1.807, 2.05) is 0 Å². The molecule has 0 aromatic heterocycles. The average Bonchev–Trinajstić information content (AvgIpc) is 1.80. The summed E-state index contributed by atoms with van der Waals surface area (Å²) in [6.45, 7) is 3.23. The zero-order valence-corrected chi connectivity index (χ0v) is 6.37. The Kier molecular flexibility index (Phi) is 1.85. The van der Waals surface area contributed by atoms with Crippen molar-refractivity contribution in [2.24, 2.45) is 4.99 Å². The highest BCUT2D eigenvalue weighted by Crippen LogP contribution is 2.17. The molecule has 9 heavy (non-hydrogen) atoms. The first kappa shape index (κ1) is 6.74. The molecule has 49 valence electrons. The third-order valence-corrected chi connectivity index (χ3v) is 1.73. The number of hydrogen-bond acceptors (Lipinski definition) is 2. The number of nitrogens with one attached hydrogen (secondary N) is 1. The highest BCUT2D eigenvalue weighted by Gasteiger charge is 2.07. The van der Waals surface area contributed by atoms with Gasteiger partial charge in [0.2, 0.25) is 0 Å². The van der Waals surface area contributed by atoms with E-state index in [2.05, 4.69) is 26.2 Å². The van der Waals surface area contributed by atoms with Crippen molar-refractivity contribution in [1.29, 1.82) is 0 Å². The number of hydrogen-bond donors (Lipinski definition) is 1. The lowest BCUT2D eigenvalue weighted by Gasteiger charge is -2.08. The molecule has 0 aliphatic carbocycles. The number of nitrogens with zero attached hydrogens (tertiary/aromatic N) is 1. The Morgan fingerprint density at radius 1 is 1.78 bits per heavy atom. The van der Waals surface area contributed by atoms with Crippen LogP contribution in [-0.4, -0.2) is 6.09 Å². The van der Waals surface area contributed by atoms with Crippen molar-refractivity contribution >= 4 is 22.0 Å². The molecular formula is C5H5BrFN2. The average molecular weight is 192 g/mol. The van der Waals surface area contributed by atoms with Crippen LogP contribution in [0, 0.1) is 6.54 Å². The largest absolute Gasteiger partial charge is 0.336 e. The van der Waals surface area contributed by atoms with Gasteiger partial charge < -0.3 is 5.32 Å². The van der Waals surface area contributed by atoms with Crippen LogP contribution in [0.3, 0.4) is 0 Å². The van der Waals surface area contributed by atoms with Gasteiger partial charge in [0, 0.05) is 4.48 Å². The van der Waals surface area contributed by atoms with Gasteiger partial charge in [0.25, 0.3) is 6.09 Å². The monoisotopic (exact) mass is 191 g/mol. The van der Waals surface area contributed by atoms with E-state index < -0.39 is 6.09 Å². The summed E-state index contributed by atoms with van der Waals surface area (Å²) in [5, 5.41) is 2.32. The SMILES string of the molecule is CC1=C(Br)[CH]NC(F)=N1. The fourth-order valence-electron chi connectivity index (χ4n) is 0.460. The molecule has 0 saturated carbocycles. The topological polar surface area (TPSA) is 24.4 Å². The van der Waals surface area contributed by atoms with Gasteiger partial charge in [-0.25, -0.2) is 4.99 Å². The highest BCUT2D eigenvalue weighted by molar-refractivity contribution is 9.11. The lowest BCUT2D eigenvalue weighted by molar-refractivity contribution is 0.740. The molecule has 0 atom stereocenters. The quantitative estimate of drug-likeness (QED) is 0.580. The molecule has 0 saturated heterocycles. The maximum absolute atomic E-state index is 12.2. The van der Waals surface area contributed by atoms with Gasteiger partial charge in [-0.2, -0.15) is 4.39 Å². The Labute approximate surface area is 61.0 Å². The first-order chi connectivity index (χ1) is 4.20. The molecular weight excluding hydrogens is 187 g/mol. The summed E-state index contributed by atoms with van der Waals surface area (Å²) in [7, 11) is 0. The zero-order valence-electron chi connectivity index (χ0n) is 4.78. The maximum atomic E-state index is 12.2. The Hall–Kier alpha value is -0.380. The van der Waals surface area contributed by atoms with Crippen molar-refractivity contribution in [3.05, 3.63) is 16.7 Å². The highest BCUT2D eigenvalue weighted by atomic mass is 79.9. The molecule has 1 N–H and O–H groups in total. The first-order valence-electron chi connectivity index (χ1n) is 2.40. The van der Waals surface area contributed by atoms with Crippen molar-refractivity contribution in [3.63, 3.8) is 0 Å². The number of aliphatic imine (C=N–C) groups is 1. The summed E-state index contributed by atoms with van der Waals surface area (Å²) in [4.78, 5) is 3.50. The Balaban J connectivity index is 2.83. The second-order valence-corrected chi connectivity index (χ2v) is 2.48. The van der Waals surface area contributed by atoms with Crippen LogP contribution in [0.2, 0.25) is 0 Å². The van der Waals surface area contributed by atoms with E-state index in [0.29, 0.717) is 5.70 Å². The van der Waals surface area contributed by atoms with Crippen LogP contribution in [0.25, 0.3) is 0 Å². The van der Waals surface area contributed by atoms with E-state index in [-0.39, 0.29) is 0 Å². The molecule has 0 bridgehead atoms. The van der Waals surface area contributed by atoms with Crippen molar-refractivity contribution in [1.82, 2.24) is 5.32 Å². The van der Waals surface area contributed by atoms with E-state index in [9.17, 15) is 4.39 Å². The minimum absolute atomic E-state index is 0.560. The molecule has 0 unspecified atom stereocenters. The van der Waals surface area contributed by atoms with Gasteiger partial charge in [0.15, 0.2) is 0 Å². The van der Waals surface area contributed by atoms with Gasteiger partial charge in [-0.3, -0.25) is 0 Å². The first-order valence-corrected chi connectivity index (χ1v) is 3.20. The molecule has 1 aliphatic rings. The van der Waals surface area contributed by atoms with Crippen molar-refractivity contribution < 1.29 is 4.39 Å². The van der Waals surface area contributed by atoms with Crippen molar-refractivity contribution in [2.45, 2.75) is 6.92 Å². The molecule has 0 fully saturated rings. The fourth-order valence-corrected chi connectivity index (χ4v) is 0.663. The third-order valence-electron chi connectivity index (χ3n) is 0.929. The van der Waals surface area contributed by atoms with Gasteiger partial charge in [-0.05, 0) is 6.92 Å². The summed E-state index contributed by atoms with van der Waals surface area (Å²) in [5.74, 6) is 0. The van der Waals surface area contributed by atoms with Crippen LogP contribution in [0.15, 0.2) is 15.2 Å². The molecule has 1 radical (unpaired) electrons. The van der Waals surface area contributed by atoms with E-state index in [4.69, 9.17) is 0 Å². The molecule has 0 spiro atoms. The lowest BCUT2D eigenvalue weighted by atomic mass is 10.4. The second kappa shape index (κ2) is 2.47. The summed E-state index contributed by atoms with van der Waals surface area (Å²) in [6.07, 6.45) is -0.560. The summed E-state index contributed by atoms with van der Waals surface area (Å²) < 4.78 is 12.9. The normalized spacial score (nSPS) is 19.2. The molecule has 0 aromatic carbocycles. The minimum Gasteiger partial charge on any atom is -0.336 e. The number of allylic oxidation sites excluding steroid dienone is 1. The predicted molar refractivity (Wildman–Crippen MR) is 37.6 cm³/mol. The molecule has 0 aromatic rings. The van der Waals surface area contributed by atoms with Gasteiger partial charge in [0.05, 0.1) is 12.2 Å². The summed E-state index contributed by atoms with van der Waals surface area (Å²) in [5.41, 5.74) is 0.645. The molecule has 1 aliphatic heterocycles. The second-order valence-electron chi connectivity index (χ2n) is 1.62. The van der Waals surface area contributed by atoms with Gasteiger partial charge in [-0.15, -0.1) is 0 Å². The van der Waals surface area contributed by atoms with Crippen LogP contribution in [-0.2, 0) is 0 Å². The number of rotatable bonds is 0. The summed E-state index contributed by atoms with van der Waals surface area (Å²) in [6, 6.07) is 0. The minimum atomic E-state index is -0.560. The van der Waals surface area contributed by atoms with Gasteiger partial charge >= 0.3 is 0 Å². The Bertz CT molecular complexity index is 185. The Morgan fingerprint density at radius 3 is 2.89 bits per heavy atom. The van der Waals surface area contributed by atoms with Gasteiger partial charge in [-0.1, -0.05) is 15.9 Å². The predicted octanol–water partition coefficient (Wildman–Crippen LogP) is 1.70. The van der Waals surface area contributed by atoms with Crippen LogP contribution in [0.5, 0.6) is 0 Å². The molecule has 0 amide bonds. The number of halogens is 2. The van der Waals surface area contributed by atoms with Gasteiger partial charge in [0.1, 0.15) is 0 Å². The molecule has 2 nitrogen and oxygen atoms in total. The molecule has 4 heteroatoms. The van der Waals surface area contributed by atoms with E-state index in [1.165, 1.54) is 6.54 Å². The number of amidine groups is 1. The van der Waals surface area contributed by atoms with E-state index in [1.54, 1.807) is 6.92 Å².